The lowest BCUT2D eigenvalue weighted by atomic mass is 10.1. The fraction of sp³-hybridized carbons (Fsp3) is 0.310. The molecule has 0 saturated heterocycles. The molecule has 1 N–H and O–H groups in total. The van der Waals surface area contributed by atoms with E-state index in [1.165, 1.54) is 23.1 Å². The van der Waals surface area contributed by atoms with Crippen LogP contribution in [0, 0.1) is 6.92 Å². The van der Waals surface area contributed by atoms with Gasteiger partial charge in [0.25, 0.3) is 10.0 Å². The van der Waals surface area contributed by atoms with E-state index in [0.29, 0.717) is 13.0 Å². The predicted octanol–water partition coefficient (Wildman–Crippen LogP) is 5.83. The van der Waals surface area contributed by atoms with Gasteiger partial charge < -0.3 is 10.2 Å². The van der Waals surface area contributed by atoms with E-state index >= 15 is 0 Å². The SMILES string of the molecule is CCCNC(=O)[C@H](CC)N(Cc1ccccc1)C(=O)CN(c1cccc(Cl)c1Cl)S(=O)(=O)c1ccc(C)cc1. The molecule has 0 saturated carbocycles. The molecule has 208 valence electrons. The van der Waals surface area contributed by atoms with Gasteiger partial charge in [0, 0.05) is 13.1 Å². The predicted molar refractivity (Wildman–Crippen MR) is 157 cm³/mol. The van der Waals surface area contributed by atoms with Crippen molar-refractivity contribution in [2.45, 2.75) is 51.1 Å². The first-order valence-corrected chi connectivity index (χ1v) is 14.9. The van der Waals surface area contributed by atoms with Gasteiger partial charge in [-0.25, -0.2) is 8.42 Å². The summed E-state index contributed by atoms with van der Waals surface area (Å²) in [5.41, 5.74) is 1.76. The maximum Gasteiger partial charge on any atom is 0.264 e. The number of carbonyl (C=O) groups excluding carboxylic acids is 2. The Labute approximate surface area is 240 Å². The minimum atomic E-state index is -4.24. The van der Waals surface area contributed by atoms with Gasteiger partial charge >= 0.3 is 0 Å². The maximum absolute atomic E-state index is 14.0. The zero-order chi connectivity index (χ0) is 28.6. The third kappa shape index (κ3) is 7.53. The van der Waals surface area contributed by atoms with Crippen LogP contribution in [-0.4, -0.2) is 44.3 Å². The molecule has 0 bridgehead atoms. The summed E-state index contributed by atoms with van der Waals surface area (Å²) in [7, 11) is -4.24. The molecule has 3 aromatic rings. The molecular weight excluding hydrogens is 557 g/mol. The van der Waals surface area contributed by atoms with Gasteiger partial charge in [-0.05, 0) is 49.6 Å². The second kappa shape index (κ2) is 13.8. The van der Waals surface area contributed by atoms with Crippen LogP contribution >= 0.6 is 23.2 Å². The quantitative estimate of drug-likeness (QED) is 0.288. The van der Waals surface area contributed by atoms with Crippen LogP contribution in [0.2, 0.25) is 10.0 Å². The molecular formula is C29H33Cl2N3O4S. The molecule has 0 aliphatic heterocycles. The minimum Gasteiger partial charge on any atom is -0.354 e. The minimum absolute atomic E-state index is 0.000665. The van der Waals surface area contributed by atoms with Crippen molar-refractivity contribution in [1.29, 1.82) is 0 Å². The van der Waals surface area contributed by atoms with Crippen LogP contribution in [0.3, 0.4) is 0 Å². The van der Waals surface area contributed by atoms with Crippen molar-refractivity contribution >= 4 is 50.7 Å². The highest BCUT2D eigenvalue weighted by molar-refractivity contribution is 7.92. The average Bonchev–Trinajstić information content (AvgIpc) is 2.92. The molecule has 10 heteroatoms. The Kier molecular flexibility index (Phi) is 10.8. The Morgan fingerprint density at radius 1 is 0.923 bits per heavy atom. The number of hydrogen-bond donors (Lipinski definition) is 1. The molecule has 0 unspecified atom stereocenters. The van der Waals surface area contributed by atoms with E-state index in [9.17, 15) is 18.0 Å². The Morgan fingerprint density at radius 3 is 2.21 bits per heavy atom. The summed E-state index contributed by atoms with van der Waals surface area (Å²) in [5, 5.41) is 3.02. The first kappa shape index (κ1) is 30.5. The van der Waals surface area contributed by atoms with Gasteiger partial charge in [-0.1, -0.05) is 91.1 Å². The summed E-state index contributed by atoms with van der Waals surface area (Å²) >= 11 is 12.7. The van der Waals surface area contributed by atoms with Crippen LogP contribution < -0.4 is 9.62 Å². The summed E-state index contributed by atoms with van der Waals surface area (Å²) in [4.78, 5) is 28.5. The number of sulfonamides is 1. The molecule has 0 spiro atoms. The van der Waals surface area contributed by atoms with Gasteiger partial charge in [-0.15, -0.1) is 0 Å². The number of anilines is 1. The number of rotatable bonds is 12. The van der Waals surface area contributed by atoms with Crippen molar-refractivity contribution in [2.24, 2.45) is 0 Å². The first-order valence-electron chi connectivity index (χ1n) is 12.7. The van der Waals surface area contributed by atoms with Crippen LogP contribution in [0.5, 0.6) is 0 Å². The zero-order valence-electron chi connectivity index (χ0n) is 22.2. The Bertz CT molecular complexity index is 1380. The monoisotopic (exact) mass is 589 g/mol. The Balaban J connectivity index is 2.08. The molecule has 7 nitrogen and oxygen atoms in total. The Hall–Kier alpha value is -3.07. The second-order valence-corrected chi connectivity index (χ2v) is 11.8. The van der Waals surface area contributed by atoms with Gasteiger partial charge in [0.15, 0.2) is 0 Å². The molecule has 39 heavy (non-hydrogen) atoms. The number of benzene rings is 3. The van der Waals surface area contributed by atoms with Gasteiger partial charge in [0.05, 0.1) is 20.6 Å². The van der Waals surface area contributed by atoms with Gasteiger partial charge in [0.1, 0.15) is 12.6 Å². The summed E-state index contributed by atoms with van der Waals surface area (Å²) in [6.07, 6.45) is 1.08. The van der Waals surface area contributed by atoms with Gasteiger partial charge in [-0.3, -0.25) is 13.9 Å². The number of amides is 2. The van der Waals surface area contributed by atoms with E-state index in [1.807, 2.05) is 51.1 Å². The third-order valence-electron chi connectivity index (χ3n) is 6.22. The fourth-order valence-electron chi connectivity index (χ4n) is 4.10. The van der Waals surface area contributed by atoms with Crippen LogP contribution in [0.15, 0.2) is 77.7 Å². The molecule has 0 radical (unpaired) electrons. The molecule has 1 atom stereocenters. The number of nitrogens with zero attached hydrogens (tertiary/aromatic N) is 2. The van der Waals surface area contributed by atoms with Crippen LogP contribution in [0.4, 0.5) is 5.69 Å². The van der Waals surface area contributed by atoms with Crippen molar-refractivity contribution in [1.82, 2.24) is 10.2 Å². The highest BCUT2D eigenvalue weighted by atomic mass is 35.5. The smallest absolute Gasteiger partial charge is 0.264 e. The third-order valence-corrected chi connectivity index (χ3v) is 8.80. The molecule has 3 aromatic carbocycles. The number of aryl methyl sites for hydroxylation is 1. The van der Waals surface area contributed by atoms with E-state index in [-0.39, 0.29) is 33.1 Å². The number of halogens is 2. The van der Waals surface area contributed by atoms with Crippen molar-refractivity contribution in [2.75, 3.05) is 17.4 Å². The highest BCUT2D eigenvalue weighted by Gasteiger charge is 2.34. The topological polar surface area (TPSA) is 86.8 Å². The van der Waals surface area contributed by atoms with Crippen LogP contribution in [0.25, 0.3) is 0 Å². The lowest BCUT2D eigenvalue weighted by molar-refractivity contribution is -0.140. The largest absolute Gasteiger partial charge is 0.354 e. The summed E-state index contributed by atoms with van der Waals surface area (Å²) in [5.74, 6) is -0.846. The van der Waals surface area contributed by atoms with Crippen LogP contribution in [0.1, 0.15) is 37.8 Å². The normalized spacial score (nSPS) is 12.0. The summed E-state index contributed by atoms with van der Waals surface area (Å²) in [6.45, 7) is 5.61. The molecule has 0 heterocycles. The van der Waals surface area contributed by atoms with Crippen molar-refractivity contribution < 1.29 is 18.0 Å². The number of nitrogens with one attached hydrogen (secondary N) is 1. The maximum atomic E-state index is 14.0. The molecule has 0 fully saturated rings. The van der Waals surface area contributed by atoms with E-state index < -0.39 is 28.5 Å². The van der Waals surface area contributed by atoms with Crippen molar-refractivity contribution in [3.05, 3.63) is 94.0 Å². The lowest BCUT2D eigenvalue weighted by Crippen LogP contribution is -2.52. The summed E-state index contributed by atoms with van der Waals surface area (Å²) in [6, 6.07) is 19.4. The van der Waals surface area contributed by atoms with Gasteiger partial charge in [0.2, 0.25) is 11.8 Å². The molecule has 3 rings (SSSR count). The lowest BCUT2D eigenvalue weighted by Gasteiger charge is -2.33. The van der Waals surface area contributed by atoms with E-state index in [2.05, 4.69) is 5.32 Å². The van der Waals surface area contributed by atoms with Crippen LogP contribution in [-0.2, 0) is 26.2 Å². The van der Waals surface area contributed by atoms with E-state index in [1.54, 1.807) is 24.3 Å². The standard InChI is InChI=1S/C29H33Cl2N3O4S/c1-4-18-32-29(36)25(5-2)33(19-22-10-7-6-8-11-22)27(35)20-34(26-13-9-12-24(30)28(26)31)39(37,38)23-16-14-21(3)15-17-23/h6-17,25H,4-5,18-20H2,1-3H3,(H,32,36)/t25-/m0/s1. The van der Waals surface area contributed by atoms with Crippen molar-refractivity contribution in [3.8, 4) is 0 Å². The van der Waals surface area contributed by atoms with Gasteiger partial charge in [-0.2, -0.15) is 0 Å². The zero-order valence-corrected chi connectivity index (χ0v) is 24.6. The Morgan fingerprint density at radius 2 is 1.59 bits per heavy atom. The van der Waals surface area contributed by atoms with E-state index in [0.717, 1.165) is 21.9 Å². The van der Waals surface area contributed by atoms with Crippen molar-refractivity contribution in [3.63, 3.8) is 0 Å². The average molecular weight is 591 g/mol. The highest BCUT2D eigenvalue weighted by Crippen LogP contribution is 2.35. The molecule has 0 aromatic heterocycles. The summed E-state index contributed by atoms with van der Waals surface area (Å²) < 4.78 is 28.8. The molecule has 0 aliphatic carbocycles. The molecule has 0 aliphatic rings. The number of hydrogen-bond acceptors (Lipinski definition) is 4. The fourth-order valence-corrected chi connectivity index (χ4v) is 5.98. The first-order chi connectivity index (χ1) is 18.6. The van der Waals surface area contributed by atoms with E-state index in [4.69, 9.17) is 23.2 Å². The molecule has 2 amide bonds. The second-order valence-electron chi connectivity index (χ2n) is 9.12. The number of carbonyl (C=O) groups is 2.